The maximum atomic E-state index is 11.9. The molecule has 4 heteroatoms. The second-order valence-electron chi connectivity index (χ2n) is 5.25. The molecule has 18 heavy (non-hydrogen) atoms. The van der Waals surface area contributed by atoms with Gasteiger partial charge in [0.25, 0.3) is 0 Å². The van der Waals surface area contributed by atoms with Gasteiger partial charge in [0.05, 0.1) is 5.92 Å². The van der Waals surface area contributed by atoms with Gasteiger partial charge in [-0.1, -0.05) is 25.7 Å². The standard InChI is InChI=1S/C14H28N2OS/c1-18-11-7-3-2-6-10-16-14(17)12-8-4-5-9-13(12)15/h12-13H,2-11,15H2,1H3,(H,16,17). The third kappa shape index (κ3) is 6.10. The van der Waals surface area contributed by atoms with Crippen molar-refractivity contribution in [2.45, 2.75) is 57.4 Å². The number of thioether (sulfide) groups is 1. The molecule has 3 N–H and O–H groups in total. The van der Waals surface area contributed by atoms with Gasteiger partial charge in [0.1, 0.15) is 0 Å². The van der Waals surface area contributed by atoms with E-state index in [9.17, 15) is 4.79 Å². The number of carbonyl (C=O) groups excluding carboxylic acids is 1. The van der Waals surface area contributed by atoms with E-state index >= 15 is 0 Å². The number of carbonyl (C=O) groups is 1. The molecule has 0 saturated heterocycles. The molecule has 0 aromatic carbocycles. The highest BCUT2D eigenvalue weighted by atomic mass is 32.2. The van der Waals surface area contributed by atoms with Gasteiger partial charge in [-0.3, -0.25) is 4.79 Å². The number of amides is 1. The van der Waals surface area contributed by atoms with Crippen molar-refractivity contribution in [3.63, 3.8) is 0 Å². The summed E-state index contributed by atoms with van der Waals surface area (Å²) in [5.74, 6) is 1.50. The highest BCUT2D eigenvalue weighted by Crippen LogP contribution is 2.22. The van der Waals surface area contributed by atoms with Crippen LogP contribution in [-0.2, 0) is 4.79 Å². The fourth-order valence-electron chi connectivity index (χ4n) is 2.55. The summed E-state index contributed by atoms with van der Waals surface area (Å²) in [4.78, 5) is 11.9. The Morgan fingerprint density at radius 1 is 1.22 bits per heavy atom. The third-order valence-electron chi connectivity index (χ3n) is 3.73. The van der Waals surface area contributed by atoms with Gasteiger partial charge in [-0.25, -0.2) is 0 Å². The molecule has 1 amide bonds. The molecule has 1 saturated carbocycles. The fraction of sp³-hybridized carbons (Fsp3) is 0.929. The first-order valence-electron chi connectivity index (χ1n) is 7.28. The Kier molecular flexibility index (Phi) is 8.51. The van der Waals surface area contributed by atoms with Crippen LogP contribution in [-0.4, -0.2) is 30.5 Å². The Morgan fingerprint density at radius 2 is 1.94 bits per heavy atom. The Balaban J connectivity index is 2.02. The van der Waals surface area contributed by atoms with Crippen molar-refractivity contribution in [2.75, 3.05) is 18.6 Å². The molecule has 0 heterocycles. The van der Waals surface area contributed by atoms with Gasteiger partial charge in [-0.05, 0) is 37.7 Å². The molecule has 3 nitrogen and oxygen atoms in total. The number of nitrogens with two attached hydrogens (primary N) is 1. The van der Waals surface area contributed by atoms with Gasteiger partial charge in [-0.2, -0.15) is 11.8 Å². The number of hydrogen-bond acceptors (Lipinski definition) is 3. The maximum Gasteiger partial charge on any atom is 0.224 e. The van der Waals surface area contributed by atoms with E-state index in [4.69, 9.17) is 5.73 Å². The quantitative estimate of drug-likeness (QED) is 0.668. The van der Waals surface area contributed by atoms with Gasteiger partial charge in [-0.15, -0.1) is 0 Å². The summed E-state index contributed by atoms with van der Waals surface area (Å²) in [6, 6.07) is 0.0836. The van der Waals surface area contributed by atoms with Crippen LogP contribution in [0.3, 0.4) is 0 Å². The van der Waals surface area contributed by atoms with E-state index in [1.165, 1.54) is 31.4 Å². The second kappa shape index (κ2) is 9.68. The zero-order valence-corrected chi connectivity index (χ0v) is 12.4. The minimum atomic E-state index is 0.0650. The molecule has 1 fully saturated rings. The van der Waals surface area contributed by atoms with E-state index in [1.807, 2.05) is 11.8 Å². The summed E-state index contributed by atoms with van der Waals surface area (Å²) in [7, 11) is 0. The monoisotopic (exact) mass is 272 g/mol. The molecule has 2 unspecified atom stereocenters. The molecule has 1 rings (SSSR count). The first kappa shape index (κ1) is 15.8. The zero-order chi connectivity index (χ0) is 13.2. The van der Waals surface area contributed by atoms with Crippen molar-refractivity contribution in [1.82, 2.24) is 5.32 Å². The lowest BCUT2D eigenvalue weighted by atomic mass is 9.84. The summed E-state index contributed by atoms with van der Waals surface area (Å²) in [6.07, 6.45) is 11.4. The summed E-state index contributed by atoms with van der Waals surface area (Å²) < 4.78 is 0. The molecule has 0 aromatic heterocycles. The second-order valence-corrected chi connectivity index (χ2v) is 6.24. The third-order valence-corrected chi connectivity index (χ3v) is 4.43. The Morgan fingerprint density at radius 3 is 2.67 bits per heavy atom. The molecule has 0 bridgehead atoms. The van der Waals surface area contributed by atoms with Crippen molar-refractivity contribution in [3.05, 3.63) is 0 Å². The maximum absolute atomic E-state index is 11.9. The van der Waals surface area contributed by atoms with E-state index in [0.29, 0.717) is 0 Å². The van der Waals surface area contributed by atoms with Crippen molar-refractivity contribution in [3.8, 4) is 0 Å². The molecule has 0 spiro atoms. The summed E-state index contributed by atoms with van der Waals surface area (Å²) in [5, 5.41) is 3.05. The van der Waals surface area contributed by atoms with E-state index in [2.05, 4.69) is 11.6 Å². The highest BCUT2D eigenvalue weighted by Gasteiger charge is 2.27. The Labute approximate surface area is 116 Å². The number of nitrogens with one attached hydrogen (secondary N) is 1. The van der Waals surface area contributed by atoms with E-state index in [-0.39, 0.29) is 17.9 Å². The van der Waals surface area contributed by atoms with E-state index in [1.54, 1.807) is 0 Å². The molecule has 1 aliphatic rings. The molecular formula is C14H28N2OS. The topological polar surface area (TPSA) is 55.1 Å². The summed E-state index contributed by atoms with van der Waals surface area (Å²) >= 11 is 1.91. The fourth-order valence-corrected chi connectivity index (χ4v) is 3.05. The SMILES string of the molecule is CSCCCCCCNC(=O)C1CCCCC1N. The molecule has 2 atom stereocenters. The van der Waals surface area contributed by atoms with E-state index in [0.717, 1.165) is 32.2 Å². The molecule has 106 valence electrons. The van der Waals surface area contributed by atoms with Crippen LogP contribution in [0, 0.1) is 5.92 Å². The number of rotatable bonds is 8. The molecule has 1 aliphatic carbocycles. The first-order chi connectivity index (χ1) is 8.75. The van der Waals surface area contributed by atoms with Crippen LogP contribution in [0.25, 0.3) is 0 Å². The lowest BCUT2D eigenvalue weighted by Gasteiger charge is -2.27. The van der Waals surface area contributed by atoms with Crippen LogP contribution >= 0.6 is 11.8 Å². The minimum Gasteiger partial charge on any atom is -0.356 e. The normalized spacial score (nSPS) is 23.9. The van der Waals surface area contributed by atoms with Crippen LogP contribution in [0.2, 0.25) is 0 Å². The van der Waals surface area contributed by atoms with Gasteiger partial charge >= 0.3 is 0 Å². The lowest BCUT2D eigenvalue weighted by Crippen LogP contribution is -2.43. The van der Waals surface area contributed by atoms with Gasteiger partial charge in [0, 0.05) is 12.6 Å². The molecule has 0 radical (unpaired) electrons. The van der Waals surface area contributed by atoms with Crippen LogP contribution in [0.1, 0.15) is 51.4 Å². The first-order valence-corrected chi connectivity index (χ1v) is 8.67. The number of hydrogen-bond donors (Lipinski definition) is 2. The van der Waals surface area contributed by atoms with Gasteiger partial charge in [0.2, 0.25) is 5.91 Å². The summed E-state index contributed by atoms with van der Waals surface area (Å²) in [5.41, 5.74) is 6.00. The smallest absolute Gasteiger partial charge is 0.224 e. The van der Waals surface area contributed by atoms with Crippen molar-refractivity contribution >= 4 is 17.7 Å². The molecule has 0 aromatic rings. The Bertz CT molecular complexity index is 236. The predicted molar refractivity (Wildman–Crippen MR) is 79.8 cm³/mol. The zero-order valence-electron chi connectivity index (χ0n) is 11.6. The van der Waals surface area contributed by atoms with Gasteiger partial charge in [0.15, 0.2) is 0 Å². The number of unbranched alkanes of at least 4 members (excludes halogenated alkanes) is 3. The summed E-state index contributed by atoms with van der Waals surface area (Å²) in [6.45, 7) is 0.821. The van der Waals surface area contributed by atoms with Gasteiger partial charge < -0.3 is 11.1 Å². The van der Waals surface area contributed by atoms with Crippen molar-refractivity contribution < 1.29 is 4.79 Å². The average Bonchev–Trinajstić information content (AvgIpc) is 2.38. The van der Waals surface area contributed by atoms with Crippen LogP contribution in [0.5, 0.6) is 0 Å². The Hall–Kier alpha value is -0.220. The van der Waals surface area contributed by atoms with Crippen LogP contribution in [0.4, 0.5) is 0 Å². The highest BCUT2D eigenvalue weighted by molar-refractivity contribution is 7.98. The van der Waals surface area contributed by atoms with Crippen molar-refractivity contribution in [2.24, 2.45) is 11.7 Å². The largest absolute Gasteiger partial charge is 0.356 e. The lowest BCUT2D eigenvalue weighted by molar-refractivity contribution is -0.126. The average molecular weight is 272 g/mol. The molecular weight excluding hydrogens is 244 g/mol. The minimum absolute atomic E-state index is 0.0650. The van der Waals surface area contributed by atoms with Crippen molar-refractivity contribution in [1.29, 1.82) is 0 Å². The predicted octanol–water partition coefficient (Wildman–Crippen LogP) is 2.54. The van der Waals surface area contributed by atoms with E-state index < -0.39 is 0 Å². The molecule has 0 aliphatic heterocycles. The van der Waals surface area contributed by atoms with Crippen LogP contribution in [0.15, 0.2) is 0 Å². The van der Waals surface area contributed by atoms with Crippen LogP contribution < -0.4 is 11.1 Å².